The first kappa shape index (κ1) is 6.99. The molecule has 0 amide bonds. The van der Waals surface area contributed by atoms with Gasteiger partial charge in [-0.15, -0.1) is 0 Å². The van der Waals surface area contributed by atoms with E-state index in [4.69, 9.17) is 9.47 Å². The van der Waals surface area contributed by atoms with Gasteiger partial charge in [0, 0.05) is 0 Å². The zero-order valence-electron chi connectivity index (χ0n) is 6.02. The van der Waals surface area contributed by atoms with Gasteiger partial charge in [0.05, 0.1) is 20.3 Å². The van der Waals surface area contributed by atoms with Crippen molar-refractivity contribution in [3.8, 4) is 0 Å². The van der Waals surface area contributed by atoms with Crippen LogP contribution in [0.3, 0.4) is 0 Å². The Labute approximate surface area is 55.3 Å². The number of ether oxygens (including phenoxy) is 2. The van der Waals surface area contributed by atoms with Crippen molar-refractivity contribution in [1.82, 2.24) is 0 Å². The van der Waals surface area contributed by atoms with E-state index in [2.05, 4.69) is 5.32 Å². The van der Waals surface area contributed by atoms with Crippen LogP contribution < -0.4 is 5.32 Å². The highest BCUT2D eigenvalue weighted by Gasteiger charge is 2.31. The Morgan fingerprint density at radius 1 is 1.44 bits per heavy atom. The van der Waals surface area contributed by atoms with Crippen molar-refractivity contribution in [2.75, 3.05) is 26.8 Å². The normalized spacial score (nSPS) is 24.7. The molecule has 1 aliphatic rings. The fourth-order valence-electron chi connectivity index (χ4n) is 1.05. The highest BCUT2D eigenvalue weighted by Crippen LogP contribution is 2.15. The maximum absolute atomic E-state index is 5.33. The molecule has 2 N–H and O–H groups in total. The molecule has 1 fully saturated rings. The minimum Gasteiger partial charge on any atom is -0.344 e. The van der Waals surface area contributed by atoms with Gasteiger partial charge >= 0.3 is 0 Å². The van der Waals surface area contributed by atoms with Crippen LogP contribution in [0.4, 0.5) is 0 Å². The number of hydrogen-bond acceptors (Lipinski definition) is 2. The molecular formula is C6H14NO2+. The lowest BCUT2D eigenvalue weighted by atomic mass is 10.3. The molecule has 1 heterocycles. The van der Waals surface area contributed by atoms with Crippen molar-refractivity contribution in [2.24, 2.45) is 0 Å². The van der Waals surface area contributed by atoms with Gasteiger partial charge in [-0.2, -0.15) is 0 Å². The molecule has 0 aromatic heterocycles. The average molecular weight is 132 g/mol. The van der Waals surface area contributed by atoms with Crippen LogP contribution in [0.25, 0.3) is 0 Å². The van der Waals surface area contributed by atoms with Gasteiger partial charge in [0.2, 0.25) is 5.79 Å². The molecule has 1 aliphatic heterocycles. The number of hydrogen-bond donors (Lipinski definition) is 1. The maximum Gasteiger partial charge on any atom is 0.215 e. The lowest BCUT2D eigenvalue weighted by Crippen LogP contribution is -2.84. The van der Waals surface area contributed by atoms with Crippen LogP contribution in [0.2, 0.25) is 0 Å². The average Bonchev–Trinajstić information content (AvgIpc) is 2.16. The van der Waals surface area contributed by atoms with E-state index in [1.165, 1.54) is 0 Å². The summed E-state index contributed by atoms with van der Waals surface area (Å²) in [4.78, 5) is 0. The van der Waals surface area contributed by atoms with Crippen LogP contribution in [0.1, 0.15) is 6.92 Å². The molecule has 0 bridgehead atoms. The second-order valence-corrected chi connectivity index (χ2v) is 2.44. The predicted octanol–water partition coefficient (Wildman–Crippen LogP) is -1.06. The molecule has 0 aromatic carbocycles. The number of nitrogens with two attached hydrogens (primary N) is 1. The molecule has 0 aromatic rings. The van der Waals surface area contributed by atoms with Gasteiger partial charge in [0.15, 0.2) is 0 Å². The predicted molar refractivity (Wildman–Crippen MR) is 33.0 cm³/mol. The SMILES string of the molecule is C[NH2+]CC1(C)OCCO1. The summed E-state index contributed by atoms with van der Waals surface area (Å²) in [6.07, 6.45) is 0. The zero-order valence-corrected chi connectivity index (χ0v) is 6.02. The van der Waals surface area contributed by atoms with Gasteiger partial charge in [-0.25, -0.2) is 0 Å². The number of rotatable bonds is 2. The number of likely N-dealkylation sites (N-methyl/N-ethyl adjacent to an activating group) is 1. The van der Waals surface area contributed by atoms with Crippen molar-refractivity contribution in [2.45, 2.75) is 12.7 Å². The molecule has 54 valence electrons. The second kappa shape index (κ2) is 2.64. The van der Waals surface area contributed by atoms with Crippen LogP contribution >= 0.6 is 0 Å². The largest absolute Gasteiger partial charge is 0.344 e. The van der Waals surface area contributed by atoms with Crippen molar-refractivity contribution in [1.29, 1.82) is 0 Å². The molecule has 0 atom stereocenters. The summed E-state index contributed by atoms with van der Waals surface area (Å²) >= 11 is 0. The summed E-state index contributed by atoms with van der Waals surface area (Å²) in [7, 11) is 2.01. The van der Waals surface area contributed by atoms with Gasteiger partial charge < -0.3 is 14.8 Å². The standard InChI is InChI=1S/C6H13NO2/c1-6(5-7-2)8-3-4-9-6/h7H,3-5H2,1-2H3/p+1. The molecule has 0 spiro atoms. The minimum absolute atomic E-state index is 0.311. The van der Waals surface area contributed by atoms with Gasteiger partial charge in [-0.05, 0) is 6.92 Å². The van der Waals surface area contributed by atoms with E-state index in [1.54, 1.807) is 0 Å². The fraction of sp³-hybridized carbons (Fsp3) is 1.00. The highest BCUT2D eigenvalue weighted by atomic mass is 16.7. The summed E-state index contributed by atoms with van der Waals surface area (Å²) in [6, 6.07) is 0. The Balaban J connectivity index is 2.32. The molecule has 3 heteroatoms. The molecule has 0 unspecified atom stereocenters. The maximum atomic E-state index is 5.33. The van der Waals surface area contributed by atoms with Crippen molar-refractivity contribution in [3.05, 3.63) is 0 Å². The van der Waals surface area contributed by atoms with Crippen LogP contribution in [0.15, 0.2) is 0 Å². The van der Waals surface area contributed by atoms with E-state index >= 15 is 0 Å². The third-order valence-corrected chi connectivity index (χ3v) is 1.47. The number of quaternary nitrogens is 1. The summed E-state index contributed by atoms with van der Waals surface area (Å²) in [6.45, 7) is 4.34. The summed E-state index contributed by atoms with van der Waals surface area (Å²) in [5.74, 6) is -0.311. The van der Waals surface area contributed by atoms with Crippen LogP contribution in [-0.4, -0.2) is 32.6 Å². The van der Waals surface area contributed by atoms with Crippen molar-refractivity contribution in [3.63, 3.8) is 0 Å². The fourth-order valence-corrected chi connectivity index (χ4v) is 1.05. The first-order chi connectivity index (χ1) is 4.27. The van der Waals surface area contributed by atoms with Crippen LogP contribution in [-0.2, 0) is 9.47 Å². The van der Waals surface area contributed by atoms with Gasteiger partial charge in [0.25, 0.3) is 0 Å². The first-order valence-corrected chi connectivity index (χ1v) is 3.32. The molecule has 3 nitrogen and oxygen atoms in total. The molecule has 0 saturated carbocycles. The van der Waals surface area contributed by atoms with Gasteiger partial charge in [-0.1, -0.05) is 0 Å². The summed E-state index contributed by atoms with van der Waals surface area (Å²) < 4.78 is 10.7. The van der Waals surface area contributed by atoms with E-state index in [9.17, 15) is 0 Å². The van der Waals surface area contributed by atoms with Crippen LogP contribution in [0.5, 0.6) is 0 Å². The second-order valence-electron chi connectivity index (χ2n) is 2.44. The zero-order chi connectivity index (χ0) is 6.74. The Bertz CT molecular complexity index is 89.1. The summed E-state index contributed by atoms with van der Waals surface area (Å²) in [5, 5.41) is 2.06. The van der Waals surface area contributed by atoms with Crippen molar-refractivity contribution >= 4 is 0 Å². The Morgan fingerprint density at radius 3 is 2.44 bits per heavy atom. The molecular weight excluding hydrogens is 118 g/mol. The Kier molecular flexibility index (Phi) is 2.05. The molecule has 9 heavy (non-hydrogen) atoms. The third kappa shape index (κ3) is 1.64. The monoisotopic (exact) mass is 132 g/mol. The van der Waals surface area contributed by atoms with Gasteiger partial charge in [-0.3, -0.25) is 0 Å². The smallest absolute Gasteiger partial charge is 0.215 e. The van der Waals surface area contributed by atoms with E-state index in [1.807, 2.05) is 14.0 Å². The molecule has 1 rings (SSSR count). The Hall–Kier alpha value is -0.120. The highest BCUT2D eigenvalue weighted by molar-refractivity contribution is 4.64. The minimum atomic E-state index is -0.311. The van der Waals surface area contributed by atoms with E-state index in [-0.39, 0.29) is 5.79 Å². The lowest BCUT2D eigenvalue weighted by molar-refractivity contribution is -0.648. The third-order valence-electron chi connectivity index (χ3n) is 1.47. The lowest BCUT2D eigenvalue weighted by Gasteiger charge is -2.18. The topological polar surface area (TPSA) is 35.1 Å². The van der Waals surface area contributed by atoms with Gasteiger partial charge in [0.1, 0.15) is 6.54 Å². The van der Waals surface area contributed by atoms with E-state index in [0.29, 0.717) is 0 Å². The van der Waals surface area contributed by atoms with Crippen LogP contribution in [0, 0.1) is 0 Å². The molecule has 0 aliphatic carbocycles. The molecule has 0 radical (unpaired) electrons. The Morgan fingerprint density at radius 2 is 2.00 bits per heavy atom. The summed E-state index contributed by atoms with van der Waals surface area (Å²) in [5.41, 5.74) is 0. The van der Waals surface area contributed by atoms with E-state index in [0.717, 1.165) is 19.8 Å². The quantitative estimate of drug-likeness (QED) is 0.520. The van der Waals surface area contributed by atoms with E-state index < -0.39 is 0 Å². The van der Waals surface area contributed by atoms with Crippen molar-refractivity contribution < 1.29 is 14.8 Å². The first-order valence-electron chi connectivity index (χ1n) is 3.32. The molecule has 1 saturated heterocycles.